The van der Waals surface area contributed by atoms with E-state index in [4.69, 9.17) is 0 Å². The molecule has 1 N–H and O–H groups in total. The zero-order valence-corrected chi connectivity index (χ0v) is 15.5. The van der Waals surface area contributed by atoms with Crippen LogP contribution < -0.4 is 16.1 Å². The topological polar surface area (TPSA) is 67.5 Å². The van der Waals surface area contributed by atoms with Crippen LogP contribution in [0.25, 0.3) is 11.6 Å². The molecular weight excluding hydrogens is 342 g/mol. The number of fused-ring (bicyclic) bond motifs is 1. The second-order valence-electron chi connectivity index (χ2n) is 6.16. The highest BCUT2D eigenvalue weighted by molar-refractivity contribution is 5.86. The average Bonchev–Trinajstić information content (AvgIpc) is 2.70. The van der Waals surface area contributed by atoms with Gasteiger partial charge in [0.2, 0.25) is 5.88 Å². The van der Waals surface area contributed by atoms with Crippen LogP contribution in [-0.4, -0.2) is 20.8 Å². The monoisotopic (exact) mass is 363 g/mol. The molecule has 27 heavy (non-hydrogen) atoms. The first-order chi connectivity index (χ1) is 13.0. The zero-order chi connectivity index (χ0) is 19.6. The van der Waals surface area contributed by atoms with Gasteiger partial charge < -0.3 is 10.0 Å². The molecule has 0 bridgehead atoms. The van der Waals surface area contributed by atoms with E-state index in [0.717, 1.165) is 32.5 Å². The highest BCUT2D eigenvalue weighted by Gasteiger charge is 2.14. The van der Waals surface area contributed by atoms with Crippen LogP contribution in [0, 0.1) is 0 Å². The van der Waals surface area contributed by atoms with E-state index < -0.39 is 11.2 Å². The Morgan fingerprint density at radius 1 is 1.15 bits per heavy atom. The number of anilines is 1. The van der Waals surface area contributed by atoms with E-state index >= 15 is 0 Å². The Morgan fingerprint density at radius 2 is 1.89 bits per heavy atom. The van der Waals surface area contributed by atoms with Crippen LogP contribution in [0.1, 0.15) is 18.1 Å². The lowest BCUT2D eigenvalue weighted by atomic mass is 9.99. The lowest BCUT2D eigenvalue weighted by Gasteiger charge is -2.26. The summed E-state index contributed by atoms with van der Waals surface area (Å²) in [7, 11) is 2.78. The summed E-state index contributed by atoms with van der Waals surface area (Å²) in [5.74, 6) is -0.377. The molecule has 0 amide bonds. The molecule has 0 unspecified atom stereocenters. The third kappa shape index (κ3) is 3.30. The predicted octanol–water partition coefficient (Wildman–Crippen LogP) is 2.40. The Morgan fingerprint density at radius 3 is 2.63 bits per heavy atom. The van der Waals surface area contributed by atoms with Crippen LogP contribution in [0.15, 0.2) is 64.0 Å². The number of allylic oxidation sites excluding steroid dienone is 4. The van der Waals surface area contributed by atoms with E-state index in [1.807, 2.05) is 30.5 Å². The molecule has 6 heteroatoms. The molecule has 0 spiro atoms. The quantitative estimate of drug-likeness (QED) is 0.851. The lowest BCUT2D eigenvalue weighted by Crippen LogP contribution is -2.37. The van der Waals surface area contributed by atoms with Gasteiger partial charge in [0.25, 0.3) is 5.56 Å². The minimum absolute atomic E-state index is 0.0194. The number of hydrogen-bond acceptors (Lipinski definition) is 4. The lowest BCUT2D eigenvalue weighted by molar-refractivity contribution is 0.410. The SMILES string of the molecule is CCN1C=CC(=CC=C=Cc2c(O)n(C)c(=O)n(C)c2=O)c2ccccc21. The molecule has 0 aliphatic carbocycles. The van der Waals surface area contributed by atoms with Gasteiger partial charge in [0.05, 0.1) is 0 Å². The molecule has 0 radical (unpaired) electrons. The van der Waals surface area contributed by atoms with Crippen molar-refractivity contribution in [1.82, 2.24) is 9.13 Å². The summed E-state index contributed by atoms with van der Waals surface area (Å²) in [4.78, 5) is 26.1. The molecule has 2 aromatic rings. The van der Waals surface area contributed by atoms with E-state index in [9.17, 15) is 14.7 Å². The second kappa shape index (κ2) is 7.40. The Labute approximate surface area is 156 Å². The van der Waals surface area contributed by atoms with Gasteiger partial charge in [0.15, 0.2) is 0 Å². The largest absolute Gasteiger partial charge is 0.494 e. The van der Waals surface area contributed by atoms with Crippen molar-refractivity contribution in [2.75, 3.05) is 11.4 Å². The Bertz CT molecular complexity index is 1130. The predicted molar refractivity (Wildman–Crippen MR) is 108 cm³/mol. The standard InChI is InChI=1S/C21H21N3O3/c1-4-24-14-13-15(16-10-7-8-12-18(16)24)9-5-6-11-17-19(25)22(2)21(27)23(3)20(17)26/h5,7-14,25H,4H2,1-3H3. The van der Waals surface area contributed by atoms with Crippen molar-refractivity contribution in [1.29, 1.82) is 0 Å². The number of benzene rings is 1. The molecule has 1 aliphatic heterocycles. The van der Waals surface area contributed by atoms with Crippen LogP contribution in [0.5, 0.6) is 5.88 Å². The van der Waals surface area contributed by atoms with E-state index in [2.05, 4.69) is 29.7 Å². The number of rotatable bonds is 3. The molecule has 2 heterocycles. The highest BCUT2D eigenvalue weighted by atomic mass is 16.3. The summed E-state index contributed by atoms with van der Waals surface area (Å²) in [6.45, 7) is 2.98. The maximum absolute atomic E-state index is 12.2. The Kier molecular flexibility index (Phi) is 5.01. The summed E-state index contributed by atoms with van der Waals surface area (Å²) in [5, 5.41) is 10.1. The molecule has 0 atom stereocenters. The molecule has 0 fully saturated rings. The summed E-state index contributed by atoms with van der Waals surface area (Å²) in [6, 6.07) is 8.12. The second-order valence-corrected chi connectivity index (χ2v) is 6.16. The van der Waals surface area contributed by atoms with Crippen molar-refractivity contribution >= 4 is 17.3 Å². The van der Waals surface area contributed by atoms with E-state index in [1.54, 1.807) is 6.08 Å². The third-order valence-electron chi connectivity index (χ3n) is 4.55. The fraction of sp³-hybridized carbons (Fsp3) is 0.190. The molecule has 6 nitrogen and oxygen atoms in total. The highest BCUT2D eigenvalue weighted by Crippen LogP contribution is 2.32. The first-order valence-corrected chi connectivity index (χ1v) is 8.61. The van der Waals surface area contributed by atoms with E-state index in [-0.39, 0.29) is 11.4 Å². The number of hydrogen-bond donors (Lipinski definition) is 1. The van der Waals surface area contributed by atoms with Gasteiger partial charge in [-0.25, -0.2) is 4.79 Å². The van der Waals surface area contributed by atoms with Gasteiger partial charge in [-0.2, -0.15) is 0 Å². The van der Waals surface area contributed by atoms with Gasteiger partial charge in [-0.1, -0.05) is 18.2 Å². The van der Waals surface area contributed by atoms with Crippen LogP contribution in [-0.2, 0) is 14.1 Å². The van der Waals surface area contributed by atoms with Crippen LogP contribution in [0.2, 0.25) is 0 Å². The molecule has 1 aromatic carbocycles. The average molecular weight is 363 g/mol. The van der Waals surface area contributed by atoms with Gasteiger partial charge in [-0.05, 0) is 42.9 Å². The van der Waals surface area contributed by atoms with Gasteiger partial charge >= 0.3 is 5.69 Å². The van der Waals surface area contributed by atoms with Crippen molar-refractivity contribution in [2.45, 2.75) is 6.92 Å². The molecule has 1 aromatic heterocycles. The minimum atomic E-state index is -0.579. The smallest absolute Gasteiger partial charge is 0.333 e. The number of aromatic nitrogens is 2. The Balaban J connectivity index is 1.99. The molecule has 1 aliphatic rings. The van der Waals surface area contributed by atoms with E-state index in [1.165, 1.54) is 20.2 Å². The fourth-order valence-corrected chi connectivity index (χ4v) is 2.98. The summed E-state index contributed by atoms with van der Waals surface area (Å²) < 4.78 is 1.97. The molecular formula is C21H21N3O3. The molecule has 138 valence electrons. The zero-order valence-electron chi connectivity index (χ0n) is 15.5. The molecule has 0 saturated heterocycles. The van der Waals surface area contributed by atoms with Gasteiger partial charge in [0.1, 0.15) is 5.56 Å². The van der Waals surface area contributed by atoms with Gasteiger partial charge in [-0.3, -0.25) is 13.9 Å². The van der Waals surface area contributed by atoms with Crippen molar-refractivity contribution < 1.29 is 5.11 Å². The Hall–Kier alpha value is -3.50. The molecule has 3 rings (SSSR count). The van der Waals surface area contributed by atoms with Crippen molar-refractivity contribution in [2.24, 2.45) is 14.1 Å². The normalized spacial score (nSPS) is 14.0. The summed E-state index contributed by atoms with van der Waals surface area (Å²) in [6.07, 6.45) is 9.00. The van der Waals surface area contributed by atoms with Gasteiger partial charge in [0, 0.05) is 38.1 Å². The minimum Gasteiger partial charge on any atom is -0.494 e. The number of nitrogens with zero attached hydrogens (tertiary/aromatic N) is 3. The van der Waals surface area contributed by atoms with Crippen molar-refractivity contribution in [3.05, 3.63) is 86.4 Å². The maximum Gasteiger partial charge on any atom is 0.333 e. The first-order valence-electron chi connectivity index (χ1n) is 8.61. The maximum atomic E-state index is 12.2. The van der Waals surface area contributed by atoms with Crippen LogP contribution in [0.3, 0.4) is 0 Å². The van der Waals surface area contributed by atoms with Crippen LogP contribution in [0.4, 0.5) is 5.69 Å². The van der Waals surface area contributed by atoms with Crippen LogP contribution >= 0.6 is 0 Å². The molecule has 0 saturated carbocycles. The third-order valence-corrected chi connectivity index (χ3v) is 4.55. The fourth-order valence-electron chi connectivity index (χ4n) is 2.98. The number of aromatic hydroxyl groups is 1. The van der Waals surface area contributed by atoms with E-state index in [0.29, 0.717) is 0 Å². The number of para-hydroxylation sites is 1. The van der Waals surface area contributed by atoms with Crippen molar-refractivity contribution in [3.63, 3.8) is 0 Å². The summed E-state index contributed by atoms with van der Waals surface area (Å²) >= 11 is 0. The first kappa shape index (κ1) is 18.3. The van der Waals surface area contributed by atoms with Gasteiger partial charge in [-0.15, -0.1) is 5.73 Å². The van der Waals surface area contributed by atoms with Crippen molar-refractivity contribution in [3.8, 4) is 5.88 Å². The summed E-state index contributed by atoms with van der Waals surface area (Å²) in [5.41, 5.74) is 5.04.